The van der Waals surface area contributed by atoms with Gasteiger partial charge in [0.1, 0.15) is 5.82 Å². The Labute approximate surface area is 94.6 Å². The molecule has 90 valence electrons. The molecule has 0 saturated heterocycles. The summed E-state index contributed by atoms with van der Waals surface area (Å²) in [6, 6.07) is 3.64. The molecule has 2 nitrogen and oxygen atoms in total. The Kier molecular flexibility index (Phi) is 5.19. The minimum atomic E-state index is -0.656. The Hall–Kier alpha value is -1.16. The van der Waals surface area contributed by atoms with E-state index >= 15 is 0 Å². The number of benzene rings is 1. The van der Waals surface area contributed by atoms with E-state index in [0.717, 1.165) is 19.0 Å². The van der Waals surface area contributed by atoms with Gasteiger partial charge in [-0.1, -0.05) is 6.92 Å². The molecule has 0 aliphatic rings. The second kappa shape index (κ2) is 6.43. The lowest BCUT2D eigenvalue weighted by atomic mass is 10.2. The van der Waals surface area contributed by atoms with E-state index in [2.05, 4.69) is 5.32 Å². The summed E-state index contributed by atoms with van der Waals surface area (Å²) in [6.45, 7) is 5.37. The zero-order chi connectivity index (χ0) is 12.0. The van der Waals surface area contributed by atoms with E-state index in [1.165, 1.54) is 12.1 Å². The monoisotopic (exact) mass is 229 g/mol. The van der Waals surface area contributed by atoms with Crippen molar-refractivity contribution in [2.24, 2.45) is 0 Å². The van der Waals surface area contributed by atoms with Crippen molar-refractivity contribution in [1.29, 1.82) is 0 Å². The van der Waals surface area contributed by atoms with Crippen LogP contribution in [0.4, 0.5) is 8.78 Å². The normalized spacial score (nSPS) is 12.5. The number of halogens is 2. The summed E-state index contributed by atoms with van der Waals surface area (Å²) in [6.07, 6.45) is 0.782. The van der Waals surface area contributed by atoms with Crippen LogP contribution in [0, 0.1) is 11.6 Å². The summed E-state index contributed by atoms with van der Waals surface area (Å²) >= 11 is 0. The predicted molar refractivity (Wildman–Crippen MR) is 59.6 cm³/mol. The first-order chi connectivity index (χ1) is 7.63. The first kappa shape index (κ1) is 12.9. The van der Waals surface area contributed by atoms with Gasteiger partial charge < -0.3 is 10.1 Å². The van der Waals surface area contributed by atoms with Crippen molar-refractivity contribution < 1.29 is 13.5 Å². The third-order valence-electron chi connectivity index (χ3n) is 2.25. The van der Waals surface area contributed by atoms with Crippen LogP contribution in [0.2, 0.25) is 0 Å². The van der Waals surface area contributed by atoms with Crippen LogP contribution in [-0.4, -0.2) is 19.2 Å². The molecule has 0 radical (unpaired) electrons. The van der Waals surface area contributed by atoms with Gasteiger partial charge in [0, 0.05) is 12.1 Å². The summed E-state index contributed by atoms with van der Waals surface area (Å²) in [4.78, 5) is 0. The van der Waals surface area contributed by atoms with Gasteiger partial charge in [0.15, 0.2) is 11.6 Å². The molecule has 0 bridgehead atoms. The fourth-order valence-corrected chi connectivity index (χ4v) is 1.39. The molecule has 1 aromatic rings. The van der Waals surface area contributed by atoms with Gasteiger partial charge in [-0.2, -0.15) is 0 Å². The Morgan fingerprint density at radius 1 is 1.38 bits per heavy atom. The fraction of sp³-hybridized carbons (Fsp3) is 0.500. The lowest BCUT2D eigenvalue weighted by molar-refractivity contribution is 0.278. The van der Waals surface area contributed by atoms with Crippen molar-refractivity contribution in [3.05, 3.63) is 29.8 Å². The van der Waals surface area contributed by atoms with E-state index in [-0.39, 0.29) is 5.75 Å². The van der Waals surface area contributed by atoms with Gasteiger partial charge in [0.25, 0.3) is 0 Å². The maximum absolute atomic E-state index is 13.1. The Bertz CT molecular complexity index is 331. The highest BCUT2D eigenvalue weighted by molar-refractivity contribution is 5.24. The molecular weight excluding hydrogens is 212 g/mol. The van der Waals surface area contributed by atoms with E-state index < -0.39 is 11.6 Å². The third-order valence-corrected chi connectivity index (χ3v) is 2.25. The van der Waals surface area contributed by atoms with E-state index in [9.17, 15) is 8.78 Å². The molecule has 1 N–H and O–H groups in total. The zero-order valence-corrected chi connectivity index (χ0v) is 9.59. The van der Waals surface area contributed by atoms with Crippen LogP contribution in [0.1, 0.15) is 20.3 Å². The van der Waals surface area contributed by atoms with Gasteiger partial charge in [-0.3, -0.25) is 0 Å². The molecule has 0 fully saturated rings. The van der Waals surface area contributed by atoms with Crippen LogP contribution in [0.25, 0.3) is 0 Å². The number of hydrogen-bond donors (Lipinski definition) is 1. The second-order valence-electron chi connectivity index (χ2n) is 3.67. The van der Waals surface area contributed by atoms with E-state index in [4.69, 9.17) is 4.74 Å². The number of hydrogen-bond acceptors (Lipinski definition) is 2. The highest BCUT2D eigenvalue weighted by atomic mass is 19.1. The van der Waals surface area contributed by atoms with E-state index in [1.54, 1.807) is 0 Å². The number of ether oxygens (including phenoxy) is 1. The predicted octanol–water partition coefficient (Wildman–Crippen LogP) is 2.73. The Morgan fingerprint density at radius 2 is 2.12 bits per heavy atom. The van der Waals surface area contributed by atoms with Crippen LogP contribution in [0.5, 0.6) is 5.75 Å². The SMILES string of the molecule is CCNC(C)CCOc1ccc(F)cc1F. The molecular formula is C12H17F2NO. The summed E-state index contributed by atoms with van der Waals surface area (Å²) in [7, 11) is 0. The first-order valence-corrected chi connectivity index (χ1v) is 5.44. The van der Waals surface area contributed by atoms with Crippen molar-refractivity contribution in [3.63, 3.8) is 0 Å². The van der Waals surface area contributed by atoms with Gasteiger partial charge in [0.2, 0.25) is 0 Å². The molecule has 0 amide bonds. The lowest BCUT2D eigenvalue weighted by Crippen LogP contribution is -2.27. The van der Waals surface area contributed by atoms with Gasteiger partial charge in [-0.25, -0.2) is 8.78 Å². The van der Waals surface area contributed by atoms with Crippen LogP contribution in [-0.2, 0) is 0 Å². The number of nitrogens with one attached hydrogen (secondary N) is 1. The van der Waals surface area contributed by atoms with Gasteiger partial charge in [-0.15, -0.1) is 0 Å². The summed E-state index contributed by atoms with van der Waals surface area (Å²) < 4.78 is 31.0. The molecule has 0 aliphatic carbocycles. The Morgan fingerprint density at radius 3 is 2.75 bits per heavy atom. The molecule has 0 saturated carbocycles. The highest BCUT2D eigenvalue weighted by Crippen LogP contribution is 2.17. The maximum Gasteiger partial charge on any atom is 0.167 e. The van der Waals surface area contributed by atoms with Crippen LogP contribution in [0.15, 0.2) is 18.2 Å². The molecule has 4 heteroatoms. The molecule has 1 atom stereocenters. The van der Waals surface area contributed by atoms with E-state index in [1.807, 2.05) is 13.8 Å². The average molecular weight is 229 g/mol. The smallest absolute Gasteiger partial charge is 0.167 e. The van der Waals surface area contributed by atoms with Crippen molar-refractivity contribution in [2.75, 3.05) is 13.2 Å². The quantitative estimate of drug-likeness (QED) is 0.809. The second-order valence-corrected chi connectivity index (χ2v) is 3.67. The first-order valence-electron chi connectivity index (χ1n) is 5.44. The standard InChI is InChI=1S/C12H17F2NO/c1-3-15-9(2)6-7-16-12-5-4-10(13)8-11(12)14/h4-5,8-9,15H,3,6-7H2,1-2H3. The summed E-state index contributed by atoms with van der Waals surface area (Å²) in [5.74, 6) is -1.15. The molecule has 0 aromatic heterocycles. The van der Waals surface area contributed by atoms with Crippen LogP contribution >= 0.6 is 0 Å². The van der Waals surface area contributed by atoms with Crippen molar-refractivity contribution in [2.45, 2.75) is 26.3 Å². The minimum Gasteiger partial charge on any atom is -0.490 e. The summed E-state index contributed by atoms with van der Waals surface area (Å²) in [5, 5.41) is 3.22. The van der Waals surface area contributed by atoms with Crippen molar-refractivity contribution in [3.8, 4) is 5.75 Å². The zero-order valence-electron chi connectivity index (χ0n) is 9.59. The van der Waals surface area contributed by atoms with Gasteiger partial charge >= 0.3 is 0 Å². The molecule has 0 heterocycles. The molecule has 1 aromatic carbocycles. The molecule has 16 heavy (non-hydrogen) atoms. The van der Waals surface area contributed by atoms with Crippen molar-refractivity contribution >= 4 is 0 Å². The van der Waals surface area contributed by atoms with Crippen LogP contribution < -0.4 is 10.1 Å². The summed E-state index contributed by atoms with van der Waals surface area (Å²) in [5.41, 5.74) is 0. The van der Waals surface area contributed by atoms with Crippen LogP contribution in [0.3, 0.4) is 0 Å². The molecule has 0 spiro atoms. The topological polar surface area (TPSA) is 21.3 Å². The molecule has 1 rings (SSSR count). The average Bonchev–Trinajstić information content (AvgIpc) is 2.22. The maximum atomic E-state index is 13.1. The molecule has 0 aliphatic heterocycles. The van der Waals surface area contributed by atoms with Crippen molar-refractivity contribution in [1.82, 2.24) is 5.32 Å². The fourth-order valence-electron chi connectivity index (χ4n) is 1.39. The van der Waals surface area contributed by atoms with Gasteiger partial charge in [0.05, 0.1) is 6.61 Å². The minimum absolute atomic E-state index is 0.102. The Balaban J connectivity index is 2.37. The third kappa shape index (κ3) is 4.14. The largest absolute Gasteiger partial charge is 0.490 e. The lowest BCUT2D eigenvalue weighted by Gasteiger charge is -2.13. The van der Waals surface area contributed by atoms with Gasteiger partial charge in [-0.05, 0) is 32.0 Å². The molecule has 1 unspecified atom stereocenters. The number of rotatable bonds is 6. The van der Waals surface area contributed by atoms with E-state index in [0.29, 0.717) is 12.6 Å². The highest BCUT2D eigenvalue weighted by Gasteiger charge is 2.05.